The lowest BCUT2D eigenvalue weighted by atomic mass is 9.83. The lowest BCUT2D eigenvalue weighted by Crippen LogP contribution is -2.03. The van der Waals surface area contributed by atoms with Crippen LogP contribution in [0.25, 0.3) is 0 Å². The zero-order valence-corrected chi connectivity index (χ0v) is 7.56. The molecular formula is C9H19B. The third-order valence-corrected chi connectivity index (χ3v) is 1.83. The van der Waals surface area contributed by atoms with Gasteiger partial charge in [0.25, 0.3) is 0 Å². The molecule has 0 spiro atoms. The van der Waals surface area contributed by atoms with E-state index in [0.717, 1.165) is 18.2 Å². The molecule has 0 aromatic heterocycles. The topological polar surface area (TPSA) is 0 Å². The van der Waals surface area contributed by atoms with E-state index in [2.05, 4.69) is 20.8 Å². The summed E-state index contributed by atoms with van der Waals surface area (Å²) in [6.07, 6.45) is 4.74. The van der Waals surface area contributed by atoms with Crippen molar-refractivity contribution in [3.63, 3.8) is 0 Å². The normalized spacial score (nSPS) is 14.0. The molecule has 58 valence electrons. The molecule has 0 aliphatic carbocycles. The predicted octanol–water partition coefficient (Wildman–Crippen LogP) is 3.04. The first-order chi connectivity index (χ1) is 4.70. The van der Waals surface area contributed by atoms with Crippen molar-refractivity contribution < 1.29 is 0 Å². The van der Waals surface area contributed by atoms with E-state index in [4.69, 9.17) is 7.85 Å². The van der Waals surface area contributed by atoms with Gasteiger partial charge in [-0.05, 0) is 18.3 Å². The lowest BCUT2D eigenvalue weighted by Gasteiger charge is -2.15. The molecule has 0 aromatic rings. The molecule has 0 heterocycles. The zero-order valence-electron chi connectivity index (χ0n) is 7.56. The molecule has 0 aliphatic heterocycles. The van der Waals surface area contributed by atoms with Crippen molar-refractivity contribution >= 4 is 7.85 Å². The van der Waals surface area contributed by atoms with Gasteiger partial charge in [-0.3, -0.25) is 0 Å². The molecule has 10 heavy (non-hydrogen) atoms. The van der Waals surface area contributed by atoms with E-state index in [1.807, 2.05) is 0 Å². The summed E-state index contributed by atoms with van der Waals surface area (Å²) in [5.41, 5.74) is 0. The number of hydrogen-bond donors (Lipinski definition) is 0. The van der Waals surface area contributed by atoms with Gasteiger partial charge in [0, 0.05) is 0 Å². The largest absolute Gasteiger partial charge is 0.0859 e. The molecule has 0 saturated heterocycles. The summed E-state index contributed by atoms with van der Waals surface area (Å²) < 4.78 is 0. The summed E-state index contributed by atoms with van der Waals surface area (Å²) in [6, 6.07) is 0. The predicted molar refractivity (Wildman–Crippen MR) is 48.4 cm³/mol. The highest BCUT2D eigenvalue weighted by atomic mass is 14.1. The van der Waals surface area contributed by atoms with Crippen molar-refractivity contribution in [2.24, 2.45) is 11.8 Å². The van der Waals surface area contributed by atoms with Crippen LogP contribution >= 0.6 is 0 Å². The van der Waals surface area contributed by atoms with Gasteiger partial charge in [0.2, 0.25) is 0 Å². The molecule has 0 rings (SSSR count). The van der Waals surface area contributed by atoms with E-state index < -0.39 is 0 Å². The minimum atomic E-state index is 0.769. The van der Waals surface area contributed by atoms with Gasteiger partial charge in [-0.25, -0.2) is 0 Å². The fourth-order valence-corrected chi connectivity index (χ4v) is 1.41. The van der Waals surface area contributed by atoms with Crippen molar-refractivity contribution in [3.8, 4) is 0 Å². The lowest BCUT2D eigenvalue weighted by molar-refractivity contribution is 0.412. The summed E-state index contributed by atoms with van der Waals surface area (Å²) >= 11 is 0. The standard InChI is InChI=1S/C9H19B/c1-4-5-9(7-10)6-8(2)3/h8-9H,4-7H2,1-3H3. The van der Waals surface area contributed by atoms with Gasteiger partial charge in [-0.2, -0.15) is 0 Å². The first-order valence-corrected chi connectivity index (χ1v) is 4.40. The average Bonchev–Trinajstić information content (AvgIpc) is 1.86. The van der Waals surface area contributed by atoms with Gasteiger partial charge in [-0.15, -0.1) is 0 Å². The molecule has 0 bridgehead atoms. The van der Waals surface area contributed by atoms with Crippen molar-refractivity contribution in [1.82, 2.24) is 0 Å². The Morgan fingerprint density at radius 1 is 1.30 bits per heavy atom. The number of hydrogen-bond acceptors (Lipinski definition) is 0. The summed E-state index contributed by atoms with van der Waals surface area (Å²) in [6.45, 7) is 6.75. The highest BCUT2D eigenvalue weighted by Crippen LogP contribution is 2.19. The Kier molecular flexibility index (Phi) is 5.86. The van der Waals surface area contributed by atoms with Gasteiger partial charge < -0.3 is 0 Å². The van der Waals surface area contributed by atoms with E-state index in [0.29, 0.717) is 0 Å². The molecule has 2 radical (unpaired) electrons. The average molecular weight is 138 g/mol. The smallest absolute Gasteiger partial charge is 0.0656 e. The Hall–Kier alpha value is 0.0649. The highest BCUT2D eigenvalue weighted by Gasteiger charge is 2.05. The molecule has 0 amide bonds. The SMILES string of the molecule is [B]CC(CCC)CC(C)C. The summed E-state index contributed by atoms with van der Waals surface area (Å²) in [4.78, 5) is 0. The van der Waals surface area contributed by atoms with Gasteiger partial charge in [-0.1, -0.05) is 39.9 Å². The van der Waals surface area contributed by atoms with Crippen molar-refractivity contribution in [2.75, 3.05) is 0 Å². The molecule has 0 fully saturated rings. The van der Waals surface area contributed by atoms with Crippen molar-refractivity contribution in [1.29, 1.82) is 0 Å². The van der Waals surface area contributed by atoms with Crippen LogP contribution in [0.2, 0.25) is 6.32 Å². The van der Waals surface area contributed by atoms with E-state index in [9.17, 15) is 0 Å². The van der Waals surface area contributed by atoms with E-state index >= 15 is 0 Å². The van der Waals surface area contributed by atoms with Gasteiger partial charge in [0.15, 0.2) is 0 Å². The van der Waals surface area contributed by atoms with E-state index in [-0.39, 0.29) is 0 Å². The molecular weight excluding hydrogens is 119 g/mol. The minimum absolute atomic E-state index is 0.769. The molecule has 0 nitrogen and oxygen atoms in total. The fraction of sp³-hybridized carbons (Fsp3) is 1.00. The third kappa shape index (κ3) is 4.90. The monoisotopic (exact) mass is 138 g/mol. The van der Waals surface area contributed by atoms with Crippen molar-refractivity contribution in [2.45, 2.75) is 46.4 Å². The van der Waals surface area contributed by atoms with Crippen molar-refractivity contribution in [3.05, 3.63) is 0 Å². The molecule has 1 atom stereocenters. The van der Waals surface area contributed by atoms with Crippen LogP contribution < -0.4 is 0 Å². The maximum absolute atomic E-state index is 5.61. The summed E-state index contributed by atoms with van der Waals surface area (Å²) in [5, 5.41) is 0. The van der Waals surface area contributed by atoms with Crippen LogP contribution in [-0.4, -0.2) is 7.85 Å². The fourth-order valence-electron chi connectivity index (χ4n) is 1.41. The van der Waals surface area contributed by atoms with Crippen LogP contribution in [-0.2, 0) is 0 Å². The Bertz CT molecular complexity index is 69.1. The zero-order chi connectivity index (χ0) is 7.98. The molecule has 0 saturated carbocycles. The van der Waals surface area contributed by atoms with Crippen LogP contribution in [0, 0.1) is 11.8 Å². The first kappa shape index (κ1) is 10.1. The van der Waals surface area contributed by atoms with Crippen LogP contribution in [0.1, 0.15) is 40.0 Å². The molecule has 0 aromatic carbocycles. The second-order valence-corrected chi connectivity index (χ2v) is 3.52. The molecule has 1 unspecified atom stereocenters. The third-order valence-electron chi connectivity index (χ3n) is 1.83. The van der Waals surface area contributed by atoms with Gasteiger partial charge >= 0.3 is 0 Å². The van der Waals surface area contributed by atoms with Crippen LogP contribution in [0.4, 0.5) is 0 Å². The molecule has 0 aliphatic rings. The second-order valence-electron chi connectivity index (χ2n) is 3.52. The molecule has 0 N–H and O–H groups in total. The highest BCUT2D eigenvalue weighted by molar-refractivity contribution is 6.08. The minimum Gasteiger partial charge on any atom is -0.0859 e. The maximum Gasteiger partial charge on any atom is 0.0656 e. The first-order valence-electron chi connectivity index (χ1n) is 4.40. The van der Waals surface area contributed by atoms with Gasteiger partial charge in [0.05, 0.1) is 7.85 Å². The van der Waals surface area contributed by atoms with E-state index in [1.54, 1.807) is 0 Å². The van der Waals surface area contributed by atoms with Crippen LogP contribution in [0.5, 0.6) is 0 Å². The summed E-state index contributed by atoms with van der Waals surface area (Å²) in [5.74, 6) is 1.57. The Balaban J connectivity index is 3.39. The number of rotatable bonds is 5. The Morgan fingerprint density at radius 2 is 1.90 bits per heavy atom. The summed E-state index contributed by atoms with van der Waals surface area (Å²) in [7, 11) is 5.61. The van der Waals surface area contributed by atoms with E-state index in [1.165, 1.54) is 19.3 Å². The van der Waals surface area contributed by atoms with Crippen LogP contribution in [0.3, 0.4) is 0 Å². The Morgan fingerprint density at radius 3 is 2.20 bits per heavy atom. The van der Waals surface area contributed by atoms with Gasteiger partial charge in [0.1, 0.15) is 0 Å². The molecule has 1 heteroatoms. The Labute approximate surface area is 66.8 Å². The maximum atomic E-state index is 5.61. The van der Waals surface area contributed by atoms with Crippen LogP contribution in [0.15, 0.2) is 0 Å². The quantitative estimate of drug-likeness (QED) is 0.512. The second kappa shape index (κ2) is 5.82.